The molecule has 2 bridgehead atoms. The second kappa shape index (κ2) is 11.8. The van der Waals surface area contributed by atoms with Gasteiger partial charge in [0.05, 0.1) is 24.0 Å². The minimum absolute atomic E-state index is 0.0174. The summed E-state index contributed by atoms with van der Waals surface area (Å²) in [5, 5.41) is 23.1. The highest BCUT2D eigenvalue weighted by molar-refractivity contribution is 7.99. The van der Waals surface area contributed by atoms with E-state index in [0.717, 1.165) is 18.9 Å². The molecule has 2 saturated heterocycles. The van der Waals surface area contributed by atoms with Gasteiger partial charge in [0.25, 0.3) is 0 Å². The predicted octanol–water partition coefficient (Wildman–Crippen LogP) is 7.01. The number of piperazine rings is 1. The number of fused-ring (bicyclic) bond motifs is 6. The number of carbonyl (C=O) groups excluding carboxylic acids is 1. The van der Waals surface area contributed by atoms with Crippen molar-refractivity contribution in [2.24, 2.45) is 0 Å². The zero-order chi connectivity index (χ0) is 34.1. The first kappa shape index (κ1) is 31.9. The minimum Gasteiger partial charge on any atom is -0.465 e. The first-order chi connectivity index (χ1) is 22.9. The highest BCUT2D eigenvalue weighted by Crippen LogP contribution is 2.48. The number of hydrogen-bond donors (Lipinski definition) is 2. The van der Waals surface area contributed by atoms with Gasteiger partial charge in [-0.3, -0.25) is 5.32 Å². The van der Waals surface area contributed by atoms with Gasteiger partial charge in [0.2, 0.25) is 5.88 Å². The molecule has 3 aliphatic heterocycles. The Labute approximate surface area is 278 Å². The van der Waals surface area contributed by atoms with E-state index in [0.29, 0.717) is 46.3 Å². The van der Waals surface area contributed by atoms with E-state index in [-0.39, 0.29) is 64.4 Å². The fourth-order valence-electron chi connectivity index (χ4n) is 7.03. The number of nitrogens with zero attached hydrogens (tertiary/aromatic N) is 5. The second-order valence-corrected chi connectivity index (χ2v) is 14.2. The van der Waals surface area contributed by atoms with Crippen molar-refractivity contribution in [3.8, 4) is 17.2 Å². The highest BCUT2D eigenvalue weighted by atomic mass is 32.2. The van der Waals surface area contributed by atoms with Crippen LogP contribution in [0.2, 0.25) is 0 Å². The Morgan fingerprint density at radius 2 is 1.85 bits per heavy atom. The summed E-state index contributed by atoms with van der Waals surface area (Å²) in [5.41, 5.74) is 0.0705. The number of nitriles is 1. The molecule has 2 fully saturated rings. The Morgan fingerprint density at radius 1 is 1.15 bits per heavy atom. The first-order valence-electron chi connectivity index (χ1n) is 15.6. The summed E-state index contributed by atoms with van der Waals surface area (Å²) >= 11 is 1.35. The lowest BCUT2D eigenvalue weighted by molar-refractivity contribution is 0.0632. The zero-order valence-corrected chi connectivity index (χ0v) is 27.5. The highest BCUT2D eigenvalue weighted by Gasteiger charge is 2.44. The smallest absolute Gasteiger partial charge is 0.414 e. The molecule has 2 unspecified atom stereocenters. The fraction of sp³-hybridized carbons (Fsp3) is 0.424. The quantitative estimate of drug-likeness (QED) is 0.165. The number of nitrogens with one attached hydrogen (secondary N) is 1. The van der Waals surface area contributed by atoms with Crippen LogP contribution in [0.3, 0.4) is 0 Å². The molecular formula is C33H32F2N6O6S. The lowest BCUT2D eigenvalue weighted by atomic mass is 9.90. The van der Waals surface area contributed by atoms with Crippen molar-refractivity contribution in [3.05, 3.63) is 40.5 Å². The molecule has 2 atom stereocenters. The number of halogens is 2. The van der Waals surface area contributed by atoms with Gasteiger partial charge in [0.15, 0.2) is 22.4 Å². The number of carbonyl (C=O) groups is 2. The molecular weight excluding hydrogens is 646 g/mol. The predicted molar refractivity (Wildman–Crippen MR) is 173 cm³/mol. The van der Waals surface area contributed by atoms with Gasteiger partial charge in [-0.1, -0.05) is 24.8 Å². The van der Waals surface area contributed by atoms with Gasteiger partial charge in [0, 0.05) is 30.7 Å². The third kappa shape index (κ3) is 5.23. The summed E-state index contributed by atoms with van der Waals surface area (Å²) in [6, 6.07) is 4.20. The average molecular weight is 679 g/mol. The van der Waals surface area contributed by atoms with Gasteiger partial charge in [-0.25, -0.2) is 28.3 Å². The lowest BCUT2D eigenvalue weighted by Crippen LogP contribution is -2.55. The van der Waals surface area contributed by atoms with Crippen molar-refractivity contribution in [3.63, 3.8) is 0 Å². The number of thioether (sulfide) groups is 1. The van der Waals surface area contributed by atoms with E-state index in [1.54, 1.807) is 20.8 Å². The summed E-state index contributed by atoms with van der Waals surface area (Å²) in [7, 11) is 0. The van der Waals surface area contributed by atoms with Crippen molar-refractivity contribution in [2.45, 2.75) is 76.6 Å². The molecule has 0 spiro atoms. The molecule has 2 amide bonds. The third-order valence-corrected chi connectivity index (χ3v) is 9.54. The molecule has 7 rings (SSSR count). The van der Waals surface area contributed by atoms with E-state index in [4.69, 9.17) is 18.9 Å². The number of carboxylic acid groups (broad SMARTS) is 1. The van der Waals surface area contributed by atoms with Crippen LogP contribution in [-0.2, 0) is 22.7 Å². The number of aromatic nitrogens is 2. The van der Waals surface area contributed by atoms with E-state index in [2.05, 4.69) is 15.2 Å². The molecule has 2 aromatic carbocycles. The number of rotatable bonds is 5. The van der Waals surface area contributed by atoms with E-state index < -0.39 is 29.4 Å². The van der Waals surface area contributed by atoms with Gasteiger partial charge in [-0.15, -0.1) is 0 Å². The van der Waals surface area contributed by atoms with Gasteiger partial charge in [0.1, 0.15) is 28.6 Å². The molecule has 48 heavy (non-hydrogen) atoms. The SMILES string of the molecule is CCSc1nc(N2C3CCC2CN(C(=O)O)C3)c2c3c(c(-c4ccc(F)c5oc(NC(=O)OC(C)(C)C)c(C#N)c45)c(F)c2n1)COC3. The average Bonchev–Trinajstić information content (AvgIpc) is 3.71. The molecule has 0 radical (unpaired) electrons. The Kier molecular flexibility index (Phi) is 7.83. The van der Waals surface area contributed by atoms with Crippen molar-refractivity contribution in [1.29, 1.82) is 5.26 Å². The van der Waals surface area contributed by atoms with Gasteiger partial charge < -0.3 is 28.8 Å². The summed E-state index contributed by atoms with van der Waals surface area (Å²) in [4.78, 5) is 37.6. The molecule has 15 heteroatoms. The molecule has 2 N–H and O–H groups in total. The van der Waals surface area contributed by atoms with Crippen LogP contribution in [0.15, 0.2) is 21.7 Å². The van der Waals surface area contributed by atoms with Crippen LogP contribution in [-0.4, -0.2) is 68.7 Å². The van der Waals surface area contributed by atoms with Crippen LogP contribution >= 0.6 is 11.8 Å². The lowest BCUT2D eigenvalue weighted by Gasteiger charge is -2.41. The summed E-state index contributed by atoms with van der Waals surface area (Å²) < 4.78 is 49.4. The van der Waals surface area contributed by atoms with Crippen LogP contribution in [0.25, 0.3) is 33.0 Å². The summed E-state index contributed by atoms with van der Waals surface area (Å²) in [6.45, 7) is 7.70. The van der Waals surface area contributed by atoms with Crippen molar-refractivity contribution in [2.75, 3.05) is 29.1 Å². The van der Waals surface area contributed by atoms with E-state index in [1.807, 2.05) is 13.0 Å². The van der Waals surface area contributed by atoms with Crippen LogP contribution in [0.4, 0.5) is 30.1 Å². The fourth-order valence-corrected chi connectivity index (χ4v) is 7.59. The van der Waals surface area contributed by atoms with Crippen molar-refractivity contribution >= 4 is 57.5 Å². The monoisotopic (exact) mass is 678 g/mol. The maximum absolute atomic E-state index is 17.3. The largest absolute Gasteiger partial charge is 0.465 e. The van der Waals surface area contributed by atoms with Crippen LogP contribution in [0, 0.1) is 23.0 Å². The molecule has 12 nitrogen and oxygen atoms in total. The maximum atomic E-state index is 17.3. The number of likely N-dealkylation sites (tertiary alicyclic amines) is 1. The molecule has 4 aromatic rings. The summed E-state index contributed by atoms with van der Waals surface area (Å²) in [6.07, 6.45) is -0.355. The number of furan rings is 1. The molecule has 0 aliphatic carbocycles. The molecule has 0 saturated carbocycles. The maximum Gasteiger partial charge on any atom is 0.414 e. The van der Waals surface area contributed by atoms with Crippen LogP contribution in [0.5, 0.6) is 0 Å². The van der Waals surface area contributed by atoms with E-state index >= 15 is 8.78 Å². The zero-order valence-electron chi connectivity index (χ0n) is 26.6. The van der Waals surface area contributed by atoms with Gasteiger partial charge >= 0.3 is 12.2 Å². The minimum atomic E-state index is -0.975. The molecule has 5 heterocycles. The van der Waals surface area contributed by atoms with Gasteiger partial charge in [-0.05, 0) is 62.1 Å². The van der Waals surface area contributed by atoms with E-state index in [1.165, 1.54) is 22.7 Å². The molecule has 3 aliphatic rings. The molecule has 250 valence electrons. The number of hydrogen-bond acceptors (Lipinski definition) is 10. The Balaban J connectivity index is 1.45. The number of amides is 2. The standard InChI is InChI=1S/C33H32F2N6O6S/c1-5-48-30-37-26-24(28(38-30)41-15-6-7-16(41)12-40(11-15)32(43)44)20-14-45-13-19(20)22(25(26)35)17-8-9-21(34)27-23(17)18(10-36)29(46-27)39-31(42)47-33(2,3)4/h8-9,15-16H,5-7,11-14H2,1-4H3,(H,39,42)(H,43,44). The van der Waals surface area contributed by atoms with Crippen molar-refractivity contribution < 1.29 is 37.4 Å². The normalized spacial score (nSPS) is 18.8. The molecule has 2 aromatic heterocycles. The van der Waals surface area contributed by atoms with Crippen LogP contribution in [0.1, 0.15) is 57.2 Å². The number of anilines is 2. The second-order valence-electron chi connectivity index (χ2n) is 12.9. The van der Waals surface area contributed by atoms with Gasteiger partial charge in [-0.2, -0.15) is 5.26 Å². The topological polar surface area (TPSA) is 154 Å². The first-order valence-corrected chi connectivity index (χ1v) is 16.6. The number of ether oxygens (including phenoxy) is 2. The van der Waals surface area contributed by atoms with Crippen LogP contribution < -0.4 is 10.2 Å². The third-order valence-electron chi connectivity index (χ3n) is 8.81. The Bertz CT molecular complexity index is 2040. The Morgan fingerprint density at radius 3 is 2.50 bits per heavy atom. The number of benzene rings is 2. The Hall–Kier alpha value is -4.68. The van der Waals surface area contributed by atoms with Crippen molar-refractivity contribution in [1.82, 2.24) is 14.9 Å². The summed E-state index contributed by atoms with van der Waals surface area (Å²) in [5.74, 6) is -0.676. The van der Waals surface area contributed by atoms with E-state index in [9.17, 15) is 20.0 Å².